The van der Waals surface area contributed by atoms with E-state index in [4.69, 9.17) is 4.74 Å². The van der Waals surface area contributed by atoms with E-state index < -0.39 is 0 Å². The van der Waals surface area contributed by atoms with E-state index in [1.165, 1.54) is 56.9 Å². The molecule has 3 unspecified atom stereocenters. The second-order valence-electron chi connectivity index (χ2n) is 8.28. The summed E-state index contributed by atoms with van der Waals surface area (Å²) in [5, 5.41) is 0. The summed E-state index contributed by atoms with van der Waals surface area (Å²) >= 11 is 0. The third-order valence-electron chi connectivity index (χ3n) is 6.31. The van der Waals surface area contributed by atoms with Crippen molar-refractivity contribution in [3.05, 3.63) is 29.8 Å². The van der Waals surface area contributed by atoms with Crippen LogP contribution in [0.3, 0.4) is 0 Å². The first kappa shape index (κ1) is 17.3. The zero-order valence-electron chi connectivity index (χ0n) is 15.5. The normalized spacial score (nSPS) is 29.9. The number of nitrogens with zero attached hydrogens (tertiary/aromatic N) is 1. The van der Waals surface area contributed by atoms with Crippen LogP contribution in [0.4, 0.5) is 0 Å². The first-order valence-corrected chi connectivity index (χ1v) is 10.2. The summed E-state index contributed by atoms with van der Waals surface area (Å²) < 4.78 is 6.31. The Morgan fingerprint density at radius 1 is 1.00 bits per heavy atom. The van der Waals surface area contributed by atoms with Gasteiger partial charge < -0.3 is 9.64 Å². The molecule has 0 spiro atoms. The highest BCUT2D eigenvalue weighted by molar-refractivity contribution is 5.33. The van der Waals surface area contributed by atoms with Gasteiger partial charge in [0.15, 0.2) is 0 Å². The van der Waals surface area contributed by atoms with Gasteiger partial charge in [0.05, 0.1) is 6.10 Å². The van der Waals surface area contributed by atoms with Crippen LogP contribution in [-0.4, -0.2) is 36.7 Å². The van der Waals surface area contributed by atoms with Gasteiger partial charge in [-0.05, 0) is 57.6 Å². The van der Waals surface area contributed by atoms with E-state index in [2.05, 4.69) is 47.1 Å². The Hall–Kier alpha value is -1.10. The molecule has 2 saturated carbocycles. The summed E-state index contributed by atoms with van der Waals surface area (Å²) in [6.45, 7) is 2.05. The smallest absolute Gasteiger partial charge is 0.124 e. The monoisotopic (exact) mass is 343 g/mol. The average molecular weight is 344 g/mol. The molecule has 0 amide bonds. The Bertz CT molecular complexity index is 558. The van der Waals surface area contributed by atoms with Crippen molar-refractivity contribution in [2.45, 2.75) is 76.1 Å². The summed E-state index contributed by atoms with van der Waals surface area (Å²) in [7, 11) is 2.24. The fourth-order valence-electron chi connectivity index (χ4n) is 4.95. The van der Waals surface area contributed by atoms with Crippen LogP contribution in [0, 0.1) is 5.92 Å². The van der Waals surface area contributed by atoms with Gasteiger partial charge in [-0.1, -0.05) is 31.0 Å². The van der Waals surface area contributed by atoms with E-state index in [9.17, 15) is 0 Å². The van der Waals surface area contributed by atoms with Crippen LogP contribution < -0.4 is 15.6 Å². The number of para-hydroxylation sites is 1. The number of benzene rings is 1. The SMILES string of the molecule is CN(Cc1ccccc1OC1CCCC1)CC1NNC2CCCCC21. The maximum atomic E-state index is 6.31. The lowest BCUT2D eigenvalue weighted by atomic mass is 9.81. The molecule has 3 aliphatic rings. The first-order chi connectivity index (χ1) is 12.3. The number of hydrogen-bond donors (Lipinski definition) is 2. The third-order valence-corrected chi connectivity index (χ3v) is 6.31. The Morgan fingerprint density at radius 2 is 1.76 bits per heavy atom. The predicted molar refractivity (Wildman–Crippen MR) is 101 cm³/mol. The third kappa shape index (κ3) is 4.18. The lowest BCUT2D eigenvalue weighted by Crippen LogP contribution is -2.41. The van der Waals surface area contributed by atoms with Gasteiger partial charge >= 0.3 is 0 Å². The Labute approximate surface area is 152 Å². The van der Waals surface area contributed by atoms with Crippen molar-refractivity contribution in [2.24, 2.45) is 5.92 Å². The molecule has 0 aromatic heterocycles. The topological polar surface area (TPSA) is 36.5 Å². The minimum atomic E-state index is 0.426. The molecule has 0 radical (unpaired) electrons. The first-order valence-electron chi connectivity index (χ1n) is 10.2. The molecule has 1 heterocycles. The Kier molecular flexibility index (Phi) is 5.59. The molecule has 138 valence electrons. The maximum Gasteiger partial charge on any atom is 0.124 e. The van der Waals surface area contributed by atoms with E-state index in [-0.39, 0.29) is 0 Å². The van der Waals surface area contributed by atoms with Gasteiger partial charge in [-0.15, -0.1) is 0 Å². The molecule has 4 nitrogen and oxygen atoms in total. The summed E-state index contributed by atoms with van der Waals surface area (Å²) in [4.78, 5) is 2.45. The molecule has 1 saturated heterocycles. The molecular formula is C21H33N3O. The van der Waals surface area contributed by atoms with Crippen LogP contribution in [0.25, 0.3) is 0 Å². The highest BCUT2D eigenvalue weighted by atomic mass is 16.5. The molecule has 2 aliphatic carbocycles. The van der Waals surface area contributed by atoms with Crippen LogP contribution in [0.5, 0.6) is 5.75 Å². The van der Waals surface area contributed by atoms with Crippen LogP contribution in [-0.2, 0) is 6.54 Å². The van der Waals surface area contributed by atoms with E-state index >= 15 is 0 Å². The molecule has 1 aromatic rings. The minimum Gasteiger partial charge on any atom is -0.490 e. The van der Waals surface area contributed by atoms with E-state index in [1.807, 2.05) is 0 Å². The van der Waals surface area contributed by atoms with Crippen LogP contribution in [0.1, 0.15) is 56.9 Å². The molecular weight excluding hydrogens is 310 g/mol. The summed E-state index contributed by atoms with van der Waals surface area (Å²) in [5.41, 5.74) is 8.42. The van der Waals surface area contributed by atoms with Gasteiger partial charge in [-0.3, -0.25) is 10.9 Å². The van der Waals surface area contributed by atoms with E-state index in [0.29, 0.717) is 18.2 Å². The second-order valence-corrected chi connectivity index (χ2v) is 8.28. The lowest BCUT2D eigenvalue weighted by molar-refractivity contribution is 0.200. The Morgan fingerprint density at radius 3 is 2.64 bits per heavy atom. The van der Waals surface area contributed by atoms with Gasteiger partial charge in [0.2, 0.25) is 0 Å². The van der Waals surface area contributed by atoms with Gasteiger partial charge in [0.1, 0.15) is 5.75 Å². The van der Waals surface area contributed by atoms with Crippen LogP contribution in [0.15, 0.2) is 24.3 Å². The zero-order chi connectivity index (χ0) is 17.1. The number of nitrogens with one attached hydrogen (secondary N) is 2. The molecule has 4 heteroatoms. The summed E-state index contributed by atoms with van der Waals surface area (Å²) in [6, 6.07) is 9.86. The Balaban J connectivity index is 1.35. The van der Waals surface area contributed by atoms with E-state index in [1.54, 1.807) is 0 Å². The number of rotatable bonds is 6. The van der Waals surface area contributed by atoms with Gasteiger partial charge in [-0.2, -0.15) is 0 Å². The van der Waals surface area contributed by atoms with Crippen molar-refractivity contribution < 1.29 is 4.74 Å². The largest absolute Gasteiger partial charge is 0.490 e. The number of fused-ring (bicyclic) bond motifs is 1. The van der Waals surface area contributed by atoms with E-state index in [0.717, 1.165) is 24.8 Å². The zero-order valence-corrected chi connectivity index (χ0v) is 15.5. The van der Waals surface area contributed by atoms with Crippen molar-refractivity contribution >= 4 is 0 Å². The molecule has 25 heavy (non-hydrogen) atoms. The fourth-order valence-corrected chi connectivity index (χ4v) is 4.95. The van der Waals surface area contributed by atoms with Crippen molar-refractivity contribution in [3.8, 4) is 5.75 Å². The van der Waals surface area contributed by atoms with Crippen molar-refractivity contribution in [2.75, 3.05) is 13.6 Å². The van der Waals surface area contributed by atoms with Crippen molar-refractivity contribution in [1.82, 2.24) is 15.8 Å². The molecule has 3 atom stereocenters. The molecule has 1 aromatic carbocycles. The lowest BCUT2D eigenvalue weighted by Gasteiger charge is -2.30. The summed E-state index contributed by atoms with van der Waals surface area (Å²) in [6.07, 6.45) is 10.9. The molecule has 1 aliphatic heterocycles. The molecule has 3 fully saturated rings. The highest BCUT2D eigenvalue weighted by Gasteiger charge is 2.37. The average Bonchev–Trinajstić information content (AvgIpc) is 3.27. The number of hydrogen-bond acceptors (Lipinski definition) is 4. The van der Waals surface area contributed by atoms with Crippen LogP contribution in [0.2, 0.25) is 0 Å². The van der Waals surface area contributed by atoms with Gasteiger partial charge in [0, 0.05) is 30.7 Å². The maximum absolute atomic E-state index is 6.31. The number of hydrazine groups is 1. The van der Waals surface area contributed by atoms with Gasteiger partial charge in [-0.25, -0.2) is 0 Å². The fraction of sp³-hybridized carbons (Fsp3) is 0.714. The number of likely N-dealkylation sites (N-methyl/N-ethyl adjacent to an activating group) is 1. The van der Waals surface area contributed by atoms with Crippen LogP contribution >= 0.6 is 0 Å². The number of ether oxygens (including phenoxy) is 1. The quantitative estimate of drug-likeness (QED) is 0.829. The predicted octanol–water partition coefficient (Wildman–Crippen LogP) is 3.48. The standard InChI is InChI=1S/C21H33N3O/c1-24(15-20-18-11-5-6-12-19(18)22-23-20)14-16-8-2-7-13-21(16)25-17-9-3-4-10-17/h2,7-8,13,17-20,22-23H,3-6,9-12,14-15H2,1H3. The summed E-state index contributed by atoms with van der Waals surface area (Å²) in [5.74, 6) is 1.88. The molecule has 0 bridgehead atoms. The van der Waals surface area contributed by atoms with Crippen molar-refractivity contribution in [3.63, 3.8) is 0 Å². The minimum absolute atomic E-state index is 0.426. The molecule has 2 N–H and O–H groups in total. The molecule has 4 rings (SSSR count). The van der Waals surface area contributed by atoms with Gasteiger partial charge in [0.25, 0.3) is 0 Å². The second kappa shape index (κ2) is 8.07. The highest BCUT2D eigenvalue weighted by Crippen LogP contribution is 2.31. The van der Waals surface area contributed by atoms with Crippen molar-refractivity contribution in [1.29, 1.82) is 0 Å².